The lowest BCUT2D eigenvalue weighted by Crippen LogP contribution is -2.39. The van der Waals surface area contributed by atoms with Gasteiger partial charge in [-0.2, -0.15) is 0 Å². The number of guanidine groups is 1. The van der Waals surface area contributed by atoms with E-state index in [1.807, 2.05) is 0 Å². The molecule has 10 heteroatoms. The van der Waals surface area contributed by atoms with Gasteiger partial charge in [-0.05, 0) is 6.07 Å². The molecule has 1 rings (SSSR count). The highest BCUT2D eigenvalue weighted by molar-refractivity contribution is 7.90. The summed E-state index contributed by atoms with van der Waals surface area (Å²) in [5.74, 6) is -0.115. The van der Waals surface area contributed by atoms with Crippen molar-refractivity contribution in [1.29, 1.82) is 0 Å². The Morgan fingerprint density at radius 3 is 2.48 bits per heavy atom. The van der Waals surface area contributed by atoms with Crippen molar-refractivity contribution in [2.75, 3.05) is 25.6 Å². The van der Waals surface area contributed by atoms with Crippen LogP contribution in [-0.4, -0.2) is 46.3 Å². The standard InChI is InChI=1S/C13H18F3N3O3S/c1-17-12(18-7-8-23(2,20)21)19-9-10-5-3-4-6-11(10)22-13(14,15)16/h3-6H,7-9H2,1-2H3,(H2,17,18,19). The van der Waals surface area contributed by atoms with Crippen LogP contribution in [0.3, 0.4) is 0 Å². The normalized spacial score (nSPS) is 12.8. The van der Waals surface area contributed by atoms with Crippen molar-refractivity contribution >= 4 is 15.8 Å². The molecule has 0 saturated carbocycles. The minimum absolute atomic E-state index is 0.0325. The number of benzene rings is 1. The van der Waals surface area contributed by atoms with Crippen molar-refractivity contribution in [2.45, 2.75) is 12.9 Å². The Hall–Kier alpha value is -1.97. The first-order valence-corrected chi connectivity index (χ1v) is 8.62. The fraction of sp³-hybridized carbons (Fsp3) is 0.462. The van der Waals surface area contributed by atoms with Gasteiger partial charge in [0.25, 0.3) is 0 Å². The Kier molecular flexibility index (Phi) is 6.67. The van der Waals surface area contributed by atoms with Crippen LogP contribution in [0.15, 0.2) is 29.3 Å². The molecule has 0 saturated heterocycles. The van der Waals surface area contributed by atoms with Gasteiger partial charge >= 0.3 is 6.36 Å². The lowest BCUT2D eigenvalue weighted by Gasteiger charge is -2.15. The molecule has 1 aromatic rings. The number of hydrogen-bond donors (Lipinski definition) is 2. The van der Waals surface area contributed by atoms with Crippen molar-refractivity contribution in [3.63, 3.8) is 0 Å². The maximum Gasteiger partial charge on any atom is 0.573 e. The number of rotatable bonds is 6. The number of sulfone groups is 1. The summed E-state index contributed by atoms with van der Waals surface area (Å²) in [6.07, 6.45) is -3.67. The number of alkyl halides is 3. The van der Waals surface area contributed by atoms with Gasteiger partial charge in [0.05, 0.1) is 5.75 Å². The van der Waals surface area contributed by atoms with Crippen LogP contribution in [0.5, 0.6) is 5.75 Å². The van der Waals surface area contributed by atoms with Gasteiger partial charge in [0, 0.05) is 32.0 Å². The van der Waals surface area contributed by atoms with E-state index in [1.165, 1.54) is 25.2 Å². The Balaban J connectivity index is 2.62. The maximum absolute atomic E-state index is 12.3. The third-order valence-electron chi connectivity index (χ3n) is 2.63. The molecule has 130 valence electrons. The summed E-state index contributed by atoms with van der Waals surface area (Å²) in [5, 5.41) is 5.56. The van der Waals surface area contributed by atoms with Gasteiger partial charge in [-0.15, -0.1) is 13.2 Å². The molecule has 0 aliphatic carbocycles. The molecule has 0 amide bonds. The molecule has 0 unspecified atom stereocenters. The Morgan fingerprint density at radius 2 is 1.91 bits per heavy atom. The van der Waals surface area contributed by atoms with Crippen LogP contribution in [-0.2, 0) is 16.4 Å². The number of ether oxygens (including phenoxy) is 1. The van der Waals surface area contributed by atoms with Crippen LogP contribution < -0.4 is 15.4 Å². The summed E-state index contributed by atoms with van der Waals surface area (Å²) in [4.78, 5) is 3.86. The van der Waals surface area contributed by atoms with Crippen molar-refractivity contribution in [2.24, 2.45) is 4.99 Å². The van der Waals surface area contributed by atoms with Crippen molar-refractivity contribution in [3.8, 4) is 5.75 Å². The van der Waals surface area contributed by atoms with Crippen molar-refractivity contribution < 1.29 is 26.3 Å². The van der Waals surface area contributed by atoms with Gasteiger partial charge in [-0.1, -0.05) is 18.2 Å². The third kappa shape index (κ3) is 8.29. The van der Waals surface area contributed by atoms with Gasteiger partial charge in [0.2, 0.25) is 0 Å². The number of para-hydroxylation sites is 1. The quantitative estimate of drug-likeness (QED) is 0.595. The molecule has 0 aliphatic rings. The van der Waals surface area contributed by atoms with Crippen molar-refractivity contribution in [1.82, 2.24) is 10.6 Å². The van der Waals surface area contributed by atoms with Crippen molar-refractivity contribution in [3.05, 3.63) is 29.8 Å². The van der Waals surface area contributed by atoms with Gasteiger partial charge in [-0.25, -0.2) is 8.42 Å². The van der Waals surface area contributed by atoms with Gasteiger partial charge < -0.3 is 15.4 Å². The van der Waals surface area contributed by atoms with Crippen LogP contribution >= 0.6 is 0 Å². The molecular formula is C13H18F3N3O3S. The first-order chi connectivity index (χ1) is 10.6. The summed E-state index contributed by atoms with van der Waals surface area (Å²) in [6, 6.07) is 5.71. The lowest BCUT2D eigenvalue weighted by atomic mass is 10.2. The Morgan fingerprint density at radius 1 is 1.26 bits per heavy atom. The summed E-state index contributed by atoms with van der Waals surface area (Å²) in [7, 11) is -1.65. The third-order valence-corrected chi connectivity index (χ3v) is 3.58. The molecule has 0 aliphatic heterocycles. The average Bonchev–Trinajstić information content (AvgIpc) is 2.41. The molecular weight excluding hydrogens is 335 g/mol. The fourth-order valence-corrected chi connectivity index (χ4v) is 2.10. The molecule has 0 fully saturated rings. The lowest BCUT2D eigenvalue weighted by molar-refractivity contribution is -0.274. The number of hydrogen-bond acceptors (Lipinski definition) is 4. The number of halogens is 3. The molecule has 1 aromatic carbocycles. The number of aliphatic imine (C=N–C) groups is 1. The van der Waals surface area contributed by atoms with Crippen LogP contribution in [0.1, 0.15) is 5.56 Å². The zero-order chi connectivity index (χ0) is 17.5. The van der Waals surface area contributed by atoms with Gasteiger partial charge in [0.1, 0.15) is 15.6 Å². The summed E-state index contributed by atoms with van der Waals surface area (Å²) in [5.41, 5.74) is 0.288. The van der Waals surface area contributed by atoms with E-state index in [4.69, 9.17) is 0 Å². The highest BCUT2D eigenvalue weighted by Crippen LogP contribution is 2.25. The second kappa shape index (κ2) is 8.04. The van der Waals surface area contributed by atoms with Crippen LogP contribution in [0, 0.1) is 0 Å². The Labute approximate surface area is 132 Å². The van der Waals surface area contributed by atoms with Crippen LogP contribution in [0.4, 0.5) is 13.2 Å². The molecule has 23 heavy (non-hydrogen) atoms. The maximum atomic E-state index is 12.3. The van der Waals surface area contributed by atoms with E-state index < -0.39 is 16.2 Å². The molecule has 0 bridgehead atoms. The Bertz CT molecular complexity index is 645. The topological polar surface area (TPSA) is 79.8 Å². The molecule has 6 nitrogen and oxygen atoms in total. The minimum Gasteiger partial charge on any atom is -0.405 e. The zero-order valence-corrected chi connectivity index (χ0v) is 13.5. The SMILES string of the molecule is CN=C(NCCS(C)(=O)=O)NCc1ccccc1OC(F)(F)F. The van der Waals surface area contributed by atoms with Crippen LogP contribution in [0.2, 0.25) is 0 Å². The second-order valence-corrected chi connectivity index (χ2v) is 6.90. The first kappa shape index (κ1) is 19.1. The number of nitrogens with one attached hydrogen (secondary N) is 2. The molecule has 0 atom stereocenters. The average molecular weight is 353 g/mol. The predicted molar refractivity (Wildman–Crippen MR) is 81.0 cm³/mol. The van der Waals surface area contributed by atoms with Gasteiger partial charge in [-0.3, -0.25) is 4.99 Å². The van der Waals surface area contributed by atoms with E-state index in [0.29, 0.717) is 0 Å². The highest BCUT2D eigenvalue weighted by atomic mass is 32.2. The monoisotopic (exact) mass is 353 g/mol. The highest BCUT2D eigenvalue weighted by Gasteiger charge is 2.31. The molecule has 0 radical (unpaired) electrons. The predicted octanol–water partition coefficient (Wildman–Crippen LogP) is 1.29. The van der Waals surface area contributed by atoms with Gasteiger partial charge in [0.15, 0.2) is 5.96 Å². The van der Waals surface area contributed by atoms with E-state index in [-0.39, 0.29) is 36.1 Å². The van der Waals surface area contributed by atoms with E-state index >= 15 is 0 Å². The largest absolute Gasteiger partial charge is 0.573 e. The summed E-state index contributed by atoms with van der Waals surface area (Å²) >= 11 is 0. The van der Waals surface area contributed by atoms with Crippen LogP contribution in [0.25, 0.3) is 0 Å². The molecule has 0 heterocycles. The molecule has 2 N–H and O–H groups in total. The second-order valence-electron chi connectivity index (χ2n) is 4.64. The molecule has 0 aromatic heterocycles. The smallest absolute Gasteiger partial charge is 0.405 e. The minimum atomic E-state index is -4.77. The first-order valence-electron chi connectivity index (χ1n) is 6.56. The zero-order valence-electron chi connectivity index (χ0n) is 12.6. The van der Waals surface area contributed by atoms with E-state index in [2.05, 4.69) is 20.4 Å². The molecule has 0 spiro atoms. The van der Waals surface area contributed by atoms with E-state index in [9.17, 15) is 21.6 Å². The summed E-state index contributed by atoms with van der Waals surface area (Å²) < 4.78 is 63.0. The van der Waals surface area contributed by atoms with E-state index in [1.54, 1.807) is 6.07 Å². The summed E-state index contributed by atoms with van der Waals surface area (Å²) in [6.45, 7) is 0.171. The fourth-order valence-electron chi connectivity index (χ4n) is 1.63. The van der Waals surface area contributed by atoms with E-state index in [0.717, 1.165) is 6.26 Å². The number of nitrogens with zero attached hydrogens (tertiary/aromatic N) is 1.